The van der Waals surface area contributed by atoms with Gasteiger partial charge in [-0.3, -0.25) is 0 Å². The molecule has 3 rings (SSSR count). The number of hydrogen-bond donors (Lipinski definition) is 1. The topological polar surface area (TPSA) is 42.7 Å². The minimum atomic E-state index is 0. The van der Waals surface area contributed by atoms with Crippen molar-refractivity contribution in [2.75, 3.05) is 6.54 Å². The number of halogens is 1. The number of rotatable bonds is 5. The minimum absolute atomic E-state index is 0. The summed E-state index contributed by atoms with van der Waals surface area (Å²) >= 11 is 5.98. The summed E-state index contributed by atoms with van der Waals surface area (Å²) in [5, 5.41) is 4.92. The monoisotopic (exact) mass is 326 g/mol. The summed E-state index contributed by atoms with van der Waals surface area (Å²) in [5.74, 6) is 0. The third-order valence-corrected chi connectivity index (χ3v) is 4.23. The Hall–Kier alpha value is -0.780. The highest BCUT2D eigenvalue weighted by Crippen LogP contribution is 2.34. The van der Waals surface area contributed by atoms with E-state index in [0.717, 1.165) is 30.5 Å². The molecule has 6 heteroatoms. The van der Waals surface area contributed by atoms with Gasteiger partial charge >= 0.3 is 0 Å². The van der Waals surface area contributed by atoms with E-state index < -0.39 is 0 Å². The van der Waals surface area contributed by atoms with Crippen LogP contribution in [0.5, 0.6) is 0 Å². The Balaban J connectivity index is 0.00000161. The van der Waals surface area contributed by atoms with Crippen LogP contribution in [-0.4, -0.2) is 21.1 Å². The zero-order valence-corrected chi connectivity index (χ0v) is 14.2. The van der Waals surface area contributed by atoms with Crippen LogP contribution in [0.3, 0.4) is 0 Å². The normalized spacial score (nSPS) is 15.5. The molecule has 1 aliphatic carbocycles. The summed E-state index contributed by atoms with van der Waals surface area (Å²) in [4.78, 5) is 8.56. The lowest BCUT2D eigenvalue weighted by Crippen LogP contribution is -2.18. The summed E-state index contributed by atoms with van der Waals surface area (Å²) in [6, 6.07) is 2.77. The highest BCUT2D eigenvalue weighted by molar-refractivity contribution is 7.59. The molecule has 0 unspecified atom stereocenters. The van der Waals surface area contributed by atoms with Crippen molar-refractivity contribution in [2.24, 2.45) is 0 Å². The number of nitrogens with one attached hydrogen (secondary N) is 1. The largest absolute Gasteiger partial charge is 0.325 e. The summed E-state index contributed by atoms with van der Waals surface area (Å²) < 4.78 is 2.39. The van der Waals surface area contributed by atoms with Crippen molar-refractivity contribution in [2.45, 2.75) is 51.6 Å². The van der Waals surface area contributed by atoms with Crippen LogP contribution in [0.1, 0.15) is 50.8 Å². The van der Waals surface area contributed by atoms with Gasteiger partial charge in [0.2, 0.25) is 5.28 Å². The molecule has 0 radical (unpaired) electrons. The second kappa shape index (κ2) is 7.47. The van der Waals surface area contributed by atoms with E-state index in [9.17, 15) is 0 Å². The van der Waals surface area contributed by atoms with Crippen molar-refractivity contribution in [3.05, 3.63) is 23.2 Å². The van der Waals surface area contributed by atoms with E-state index in [0.29, 0.717) is 11.3 Å². The molecule has 0 saturated heterocycles. The van der Waals surface area contributed by atoms with Crippen molar-refractivity contribution >= 4 is 36.1 Å². The fourth-order valence-electron chi connectivity index (χ4n) is 3.14. The molecule has 21 heavy (non-hydrogen) atoms. The van der Waals surface area contributed by atoms with Crippen LogP contribution < -0.4 is 5.32 Å². The third-order valence-electron chi connectivity index (χ3n) is 4.05. The zero-order valence-electron chi connectivity index (χ0n) is 12.4. The van der Waals surface area contributed by atoms with E-state index in [-0.39, 0.29) is 13.5 Å². The quantitative estimate of drug-likeness (QED) is 0.671. The summed E-state index contributed by atoms with van der Waals surface area (Å²) in [5.41, 5.74) is 2.29. The standard InChI is InChI=1S/C15H21ClN4.H2S/c1-2-7-17-10-13-8-11-9-18-15(16)19-14(11)20(13)12-5-3-4-6-12;/h8-9,12,17H,2-7,10H2,1H3;1H2. The van der Waals surface area contributed by atoms with Crippen LogP contribution in [-0.2, 0) is 6.54 Å². The molecule has 2 aromatic rings. The molecule has 116 valence electrons. The Bertz CT molecular complexity index is 593. The Labute approximate surface area is 137 Å². The van der Waals surface area contributed by atoms with Crippen LogP contribution in [0.4, 0.5) is 0 Å². The van der Waals surface area contributed by atoms with Gasteiger partial charge in [0, 0.05) is 29.9 Å². The number of aromatic nitrogens is 3. The van der Waals surface area contributed by atoms with Crippen molar-refractivity contribution in [1.82, 2.24) is 19.9 Å². The second-order valence-corrected chi connectivity index (χ2v) is 5.88. The highest BCUT2D eigenvalue weighted by atomic mass is 35.5. The van der Waals surface area contributed by atoms with Crippen molar-refractivity contribution in [3.8, 4) is 0 Å². The molecule has 2 aromatic heterocycles. The van der Waals surface area contributed by atoms with Crippen LogP contribution in [0.25, 0.3) is 11.0 Å². The van der Waals surface area contributed by atoms with Gasteiger partial charge < -0.3 is 9.88 Å². The summed E-state index contributed by atoms with van der Waals surface area (Å²) in [7, 11) is 0. The van der Waals surface area contributed by atoms with E-state index in [4.69, 9.17) is 11.6 Å². The van der Waals surface area contributed by atoms with Gasteiger partial charge in [0.1, 0.15) is 5.65 Å². The van der Waals surface area contributed by atoms with Gasteiger partial charge in [-0.2, -0.15) is 18.5 Å². The molecular weight excluding hydrogens is 304 g/mol. The van der Waals surface area contributed by atoms with Crippen LogP contribution in [0.15, 0.2) is 12.3 Å². The molecule has 1 aliphatic rings. The maximum Gasteiger partial charge on any atom is 0.224 e. The van der Waals surface area contributed by atoms with E-state index in [1.165, 1.54) is 31.4 Å². The van der Waals surface area contributed by atoms with Gasteiger partial charge in [0.25, 0.3) is 0 Å². The summed E-state index contributed by atoms with van der Waals surface area (Å²) in [6.45, 7) is 4.11. The first-order chi connectivity index (χ1) is 9.79. The molecule has 0 amide bonds. The lowest BCUT2D eigenvalue weighted by Gasteiger charge is -2.17. The minimum Gasteiger partial charge on any atom is -0.325 e. The first-order valence-electron chi connectivity index (χ1n) is 7.52. The Kier molecular flexibility index (Phi) is 5.90. The molecule has 0 aliphatic heterocycles. The molecule has 1 fully saturated rings. The molecule has 1 saturated carbocycles. The first kappa shape index (κ1) is 16.6. The maximum absolute atomic E-state index is 5.98. The first-order valence-corrected chi connectivity index (χ1v) is 7.90. The Morgan fingerprint density at radius 2 is 2.14 bits per heavy atom. The van der Waals surface area contributed by atoms with Gasteiger partial charge in [-0.25, -0.2) is 4.98 Å². The zero-order chi connectivity index (χ0) is 13.9. The number of fused-ring (bicyclic) bond motifs is 1. The number of nitrogens with zero attached hydrogens (tertiary/aromatic N) is 3. The molecule has 4 nitrogen and oxygen atoms in total. The second-order valence-electron chi connectivity index (χ2n) is 5.54. The van der Waals surface area contributed by atoms with Gasteiger partial charge in [-0.05, 0) is 43.5 Å². The van der Waals surface area contributed by atoms with Gasteiger partial charge in [-0.15, -0.1) is 0 Å². The average Bonchev–Trinajstić information content (AvgIpc) is 3.05. The molecule has 1 N–H and O–H groups in total. The van der Waals surface area contributed by atoms with E-state index in [1.807, 2.05) is 6.20 Å². The highest BCUT2D eigenvalue weighted by Gasteiger charge is 2.22. The maximum atomic E-state index is 5.98. The predicted molar refractivity (Wildman–Crippen MR) is 92.4 cm³/mol. The van der Waals surface area contributed by atoms with Crippen LogP contribution in [0, 0.1) is 0 Å². The third kappa shape index (κ3) is 3.52. The van der Waals surface area contributed by atoms with Crippen LogP contribution in [0.2, 0.25) is 5.28 Å². The van der Waals surface area contributed by atoms with Gasteiger partial charge in [0.15, 0.2) is 0 Å². The van der Waals surface area contributed by atoms with Gasteiger partial charge in [-0.1, -0.05) is 19.8 Å². The molecular formula is C15H23ClN4S. The Morgan fingerprint density at radius 3 is 2.86 bits per heavy atom. The van der Waals surface area contributed by atoms with Crippen molar-refractivity contribution in [1.29, 1.82) is 0 Å². The predicted octanol–water partition coefficient (Wildman–Crippen LogP) is 3.81. The van der Waals surface area contributed by atoms with Crippen molar-refractivity contribution in [3.63, 3.8) is 0 Å². The lowest BCUT2D eigenvalue weighted by atomic mass is 10.2. The van der Waals surface area contributed by atoms with Gasteiger partial charge in [0.05, 0.1) is 0 Å². The molecule has 0 spiro atoms. The fraction of sp³-hybridized carbons (Fsp3) is 0.600. The smallest absolute Gasteiger partial charge is 0.224 e. The molecule has 0 bridgehead atoms. The summed E-state index contributed by atoms with van der Waals surface area (Å²) in [6.07, 6.45) is 8.09. The molecule has 2 heterocycles. The van der Waals surface area contributed by atoms with Crippen LogP contribution >= 0.6 is 25.1 Å². The SMILES string of the molecule is CCCNCc1cc2cnc(Cl)nc2n1C1CCCC1.S. The molecule has 0 atom stereocenters. The van der Waals surface area contributed by atoms with E-state index in [2.05, 4.69) is 32.8 Å². The number of hydrogen-bond acceptors (Lipinski definition) is 3. The average molecular weight is 327 g/mol. The van der Waals surface area contributed by atoms with Crippen molar-refractivity contribution < 1.29 is 0 Å². The fourth-order valence-corrected chi connectivity index (χ4v) is 3.27. The van der Waals surface area contributed by atoms with E-state index in [1.54, 1.807) is 0 Å². The van der Waals surface area contributed by atoms with E-state index >= 15 is 0 Å². The molecule has 0 aromatic carbocycles. The Morgan fingerprint density at radius 1 is 1.38 bits per heavy atom. The lowest BCUT2D eigenvalue weighted by molar-refractivity contribution is 0.501.